The summed E-state index contributed by atoms with van der Waals surface area (Å²) in [5, 5.41) is 20.5. The van der Waals surface area contributed by atoms with E-state index in [0.29, 0.717) is 17.5 Å². The molecule has 0 fully saturated rings. The zero-order chi connectivity index (χ0) is 10.6. The average molecular weight is 198 g/mol. The quantitative estimate of drug-likeness (QED) is 0.501. The van der Waals surface area contributed by atoms with E-state index in [9.17, 15) is 0 Å². The summed E-state index contributed by atoms with van der Waals surface area (Å²) in [5.41, 5.74) is 5.50. The smallest absolute Gasteiger partial charge is 0.131 e. The van der Waals surface area contributed by atoms with Crippen molar-refractivity contribution in [2.75, 3.05) is 24.2 Å². The number of aryl methyl sites for hydroxylation is 1. The highest BCUT2D eigenvalue weighted by Gasteiger charge is 2.03. The van der Waals surface area contributed by atoms with Crippen LogP contribution in [-0.2, 0) is 0 Å². The Morgan fingerprint density at radius 1 is 1.57 bits per heavy atom. The zero-order valence-electron chi connectivity index (χ0n) is 7.94. The minimum absolute atomic E-state index is 0.229. The lowest BCUT2D eigenvalue weighted by Gasteiger charge is -2.09. The maximum Gasteiger partial charge on any atom is 0.131 e. The Kier molecular flexibility index (Phi) is 3.61. The van der Waals surface area contributed by atoms with Gasteiger partial charge < -0.3 is 21.3 Å². The highest BCUT2D eigenvalue weighted by atomic mass is 16.3. The molecule has 1 aromatic rings. The molecule has 0 amide bonds. The van der Waals surface area contributed by atoms with E-state index in [2.05, 4.69) is 15.3 Å². The van der Waals surface area contributed by atoms with Crippen LogP contribution >= 0.6 is 0 Å². The Morgan fingerprint density at radius 2 is 2.29 bits per heavy atom. The van der Waals surface area contributed by atoms with Crippen LogP contribution in [0.3, 0.4) is 0 Å². The summed E-state index contributed by atoms with van der Waals surface area (Å²) in [5.74, 6) is 1.48. The van der Waals surface area contributed by atoms with Crippen molar-refractivity contribution in [3.05, 3.63) is 11.9 Å². The van der Waals surface area contributed by atoms with Crippen molar-refractivity contribution in [1.82, 2.24) is 9.97 Å². The second kappa shape index (κ2) is 4.73. The molecule has 1 heterocycles. The normalized spacial score (nSPS) is 12.5. The fraction of sp³-hybridized carbons (Fsp3) is 0.500. The summed E-state index contributed by atoms with van der Waals surface area (Å²) < 4.78 is 0. The first-order valence-corrected chi connectivity index (χ1v) is 4.25. The lowest BCUT2D eigenvalue weighted by molar-refractivity contribution is 0.105. The zero-order valence-corrected chi connectivity index (χ0v) is 7.94. The van der Waals surface area contributed by atoms with Crippen LogP contribution in [0.5, 0.6) is 0 Å². The second-order valence-electron chi connectivity index (χ2n) is 2.94. The molecule has 1 unspecified atom stereocenters. The largest absolute Gasteiger partial charge is 0.394 e. The van der Waals surface area contributed by atoms with Gasteiger partial charge >= 0.3 is 0 Å². The van der Waals surface area contributed by atoms with Crippen molar-refractivity contribution in [2.45, 2.75) is 13.0 Å². The molecule has 0 spiro atoms. The first kappa shape index (κ1) is 10.7. The summed E-state index contributed by atoms with van der Waals surface area (Å²) in [6.45, 7) is 1.67. The number of nitrogens with two attached hydrogens (primary N) is 1. The van der Waals surface area contributed by atoms with Gasteiger partial charge in [-0.1, -0.05) is 0 Å². The summed E-state index contributed by atoms with van der Waals surface area (Å²) >= 11 is 0. The Balaban J connectivity index is 2.58. The number of hydrogen-bond acceptors (Lipinski definition) is 6. The van der Waals surface area contributed by atoms with Crippen LogP contribution < -0.4 is 11.1 Å². The lowest BCUT2D eigenvalue weighted by Crippen LogP contribution is -2.23. The van der Waals surface area contributed by atoms with Crippen molar-refractivity contribution in [3.63, 3.8) is 0 Å². The molecule has 78 valence electrons. The predicted octanol–water partition coefficient (Wildman–Crippen LogP) is -0.868. The molecular formula is C8H14N4O2. The van der Waals surface area contributed by atoms with Gasteiger partial charge in [-0.05, 0) is 6.92 Å². The first-order valence-electron chi connectivity index (χ1n) is 4.25. The third kappa shape index (κ3) is 3.15. The van der Waals surface area contributed by atoms with Gasteiger partial charge in [-0.25, -0.2) is 9.97 Å². The van der Waals surface area contributed by atoms with Crippen LogP contribution in [0.4, 0.5) is 11.6 Å². The van der Waals surface area contributed by atoms with Crippen LogP contribution in [0.15, 0.2) is 6.07 Å². The Labute approximate surface area is 81.8 Å². The van der Waals surface area contributed by atoms with Gasteiger partial charge in [0.2, 0.25) is 0 Å². The van der Waals surface area contributed by atoms with E-state index in [1.165, 1.54) is 0 Å². The van der Waals surface area contributed by atoms with Crippen LogP contribution in [-0.4, -0.2) is 39.4 Å². The van der Waals surface area contributed by atoms with Crippen molar-refractivity contribution in [3.8, 4) is 0 Å². The van der Waals surface area contributed by atoms with Gasteiger partial charge in [0.05, 0.1) is 12.7 Å². The van der Waals surface area contributed by atoms with Crippen LogP contribution in [0.25, 0.3) is 0 Å². The maximum absolute atomic E-state index is 9.07. The molecule has 5 N–H and O–H groups in total. The Hall–Kier alpha value is -1.40. The first-order chi connectivity index (χ1) is 6.61. The Morgan fingerprint density at radius 3 is 2.86 bits per heavy atom. The summed E-state index contributed by atoms with van der Waals surface area (Å²) in [6, 6.07) is 1.57. The molecule has 14 heavy (non-hydrogen) atoms. The van der Waals surface area contributed by atoms with Crippen molar-refractivity contribution < 1.29 is 10.2 Å². The third-order valence-corrected chi connectivity index (χ3v) is 1.59. The van der Waals surface area contributed by atoms with E-state index < -0.39 is 6.10 Å². The SMILES string of the molecule is Cc1nc(N)cc(NCC(O)CO)n1. The number of aromatic nitrogens is 2. The van der Waals surface area contributed by atoms with Crippen molar-refractivity contribution >= 4 is 11.6 Å². The summed E-state index contributed by atoms with van der Waals surface area (Å²) in [7, 11) is 0. The predicted molar refractivity (Wildman–Crippen MR) is 52.8 cm³/mol. The number of anilines is 2. The number of aliphatic hydroxyl groups excluding tert-OH is 2. The summed E-state index contributed by atoms with van der Waals surface area (Å²) in [4.78, 5) is 7.94. The molecule has 0 aromatic carbocycles. The molecule has 0 radical (unpaired) electrons. The molecule has 1 atom stereocenters. The third-order valence-electron chi connectivity index (χ3n) is 1.59. The Bertz CT molecular complexity index is 285. The van der Waals surface area contributed by atoms with Gasteiger partial charge in [0.25, 0.3) is 0 Å². The molecule has 0 aliphatic rings. The van der Waals surface area contributed by atoms with Crippen LogP contribution in [0.1, 0.15) is 5.82 Å². The molecule has 1 aromatic heterocycles. The molecule has 1 rings (SSSR count). The molecule has 0 aliphatic heterocycles. The molecule has 0 aliphatic carbocycles. The fourth-order valence-electron chi connectivity index (χ4n) is 0.968. The van der Waals surface area contributed by atoms with E-state index in [1.807, 2.05) is 0 Å². The summed E-state index contributed by atoms with van der Waals surface area (Å²) in [6.07, 6.45) is -0.800. The van der Waals surface area contributed by atoms with Gasteiger partial charge in [-0.2, -0.15) is 0 Å². The number of nitrogens with zero attached hydrogens (tertiary/aromatic N) is 2. The minimum Gasteiger partial charge on any atom is -0.394 e. The van der Waals surface area contributed by atoms with Crippen LogP contribution in [0.2, 0.25) is 0 Å². The van der Waals surface area contributed by atoms with E-state index in [1.54, 1.807) is 13.0 Å². The molecule has 6 nitrogen and oxygen atoms in total. The topological polar surface area (TPSA) is 104 Å². The number of rotatable bonds is 4. The molecule has 6 heteroatoms. The second-order valence-corrected chi connectivity index (χ2v) is 2.94. The van der Waals surface area contributed by atoms with Gasteiger partial charge in [0, 0.05) is 12.6 Å². The number of nitrogen functional groups attached to an aromatic ring is 1. The number of hydrogen-bond donors (Lipinski definition) is 4. The maximum atomic E-state index is 9.07. The van der Waals surface area contributed by atoms with Crippen molar-refractivity contribution in [1.29, 1.82) is 0 Å². The highest BCUT2D eigenvalue weighted by molar-refractivity contribution is 5.44. The monoisotopic (exact) mass is 198 g/mol. The van der Waals surface area contributed by atoms with Crippen molar-refractivity contribution in [2.24, 2.45) is 0 Å². The highest BCUT2D eigenvalue weighted by Crippen LogP contribution is 2.07. The van der Waals surface area contributed by atoms with Gasteiger partial charge in [-0.3, -0.25) is 0 Å². The fourth-order valence-corrected chi connectivity index (χ4v) is 0.968. The lowest BCUT2D eigenvalue weighted by atomic mass is 10.4. The molecule has 0 saturated heterocycles. The van der Waals surface area contributed by atoms with Gasteiger partial charge in [-0.15, -0.1) is 0 Å². The van der Waals surface area contributed by atoms with Gasteiger partial charge in [0.15, 0.2) is 0 Å². The number of aliphatic hydroxyl groups is 2. The van der Waals surface area contributed by atoms with Crippen LogP contribution in [0, 0.1) is 6.92 Å². The van der Waals surface area contributed by atoms with E-state index in [-0.39, 0.29) is 13.2 Å². The molecular weight excluding hydrogens is 184 g/mol. The van der Waals surface area contributed by atoms with E-state index in [0.717, 1.165) is 0 Å². The average Bonchev–Trinajstić information content (AvgIpc) is 2.12. The number of nitrogens with one attached hydrogen (secondary N) is 1. The minimum atomic E-state index is -0.800. The standard InChI is InChI=1S/C8H14N4O2/c1-5-11-7(9)2-8(12-5)10-3-6(14)4-13/h2,6,13-14H,3-4H2,1H3,(H3,9,10,11,12). The van der Waals surface area contributed by atoms with E-state index in [4.69, 9.17) is 15.9 Å². The van der Waals surface area contributed by atoms with Gasteiger partial charge in [0.1, 0.15) is 17.5 Å². The molecule has 0 bridgehead atoms. The molecule has 0 saturated carbocycles. The van der Waals surface area contributed by atoms with E-state index >= 15 is 0 Å².